The number of rotatable bonds is 7. The van der Waals surface area contributed by atoms with Crippen LogP contribution in [0.25, 0.3) is 0 Å². The second-order valence-corrected chi connectivity index (χ2v) is 5.93. The van der Waals surface area contributed by atoms with E-state index in [4.69, 9.17) is 5.11 Å². The number of hydrogen-bond acceptors (Lipinski definition) is 3. The third-order valence-corrected chi connectivity index (χ3v) is 4.19. The first-order valence-corrected chi connectivity index (χ1v) is 6.79. The third kappa shape index (κ3) is 3.55. The predicted octanol–water partition coefficient (Wildman–Crippen LogP) is 0.430. The van der Waals surface area contributed by atoms with Crippen molar-refractivity contribution in [3.05, 3.63) is 0 Å². The summed E-state index contributed by atoms with van der Waals surface area (Å²) in [5.41, 5.74) is 0. The monoisotopic (exact) mass is 221 g/mol. The van der Waals surface area contributed by atoms with Gasteiger partial charge >= 0.3 is 0 Å². The topological polar surface area (TPSA) is 57.6 Å². The molecule has 0 heterocycles. The maximum atomic E-state index is 11.6. The Balaban J connectivity index is 2.54. The van der Waals surface area contributed by atoms with Crippen molar-refractivity contribution in [2.24, 2.45) is 5.92 Å². The van der Waals surface area contributed by atoms with Crippen LogP contribution >= 0.6 is 0 Å². The second kappa shape index (κ2) is 5.09. The van der Waals surface area contributed by atoms with Crippen LogP contribution in [0.1, 0.15) is 26.2 Å². The Kier molecular flexibility index (Phi) is 4.34. The van der Waals surface area contributed by atoms with E-state index in [0.717, 1.165) is 19.3 Å². The van der Waals surface area contributed by atoms with E-state index in [1.807, 2.05) is 6.92 Å². The highest BCUT2D eigenvalue weighted by Crippen LogP contribution is 2.30. The lowest BCUT2D eigenvalue weighted by Gasteiger charge is -2.20. The molecule has 0 radical (unpaired) electrons. The first-order chi connectivity index (χ1) is 6.60. The largest absolute Gasteiger partial charge is 0.395 e. The van der Waals surface area contributed by atoms with E-state index in [1.54, 1.807) is 0 Å². The van der Waals surface area contributed by atoms with Crippen LogP contribution < -0.4 is 0 Å². The Hall–Kier alpha value is -0.130. The van der Waals surface area contributed by atoms with Crippen molar-refractivity contribution in [2.45, 2.75) is 26.2 Å². The molecular formula is C9H19NO3S. The molecule has 4 nitrogen and oxygen atoms in total. The van der Waals surface area contributed by atoms with Crippen LogP contribution in [-0.4, -0.2) is 43.3 Å². The van der Waals surface area contributed by atoms with E-state index in [1.165, 1.54) is 4.31 Å². The molecule has 14 heavy (non-hydrogen) atoms. The Morgan fingerprint density at radius 2 is 2.07 bits per heavy atom. The molecule has 0 aliphatic heterocycles. The Morgan fingerprint density at radius 1 is 1.43 bits per heavy atom. The maximum Gasteiger partial charge on any atom is 0.216 e. The standard InChI is InChI=1S/C9H19NO3S/c1-2-5-10(8-9-3-4-9)14(12,13)7-6-11/h9,11H,2-8H2,1H3. The van der Waals surface area contributed by atoms with Crippen LogP contribution in [0.3, 0.4) is 0 Å². The van der Waals surface area contributed by atoms with Gasteiger partial charge in [0, 0.05) is 13.1 Å². The summed E-state index contributed by atoms with van der Waals surface area (Å²) in [6.07, 6.45) is 3.13. The number of sulfonamides is 1. The molecule has 1 rings (SSSR count). The summed E-state index contributed by atoms with van der Waals surface area (Å²) in [5, 5.41) is 8.66. The summed E-state index contributed by atoms with van der Waals surface area (Å²) in [6, 6.07) is 0. The van der Waals surface area contributed by atoms with E-state index in [0.29, 0.717) is 19.0 Å². The third-order valence-electron chi connectivity index (χ3n) is 2.37. The van der Waals surface area contributed by atoms with Gasteiger partial charge in [0.25, 0.3) is 0 Å². The van der Waals surface area contributed by atoms with Crippen LogP contribution in [-0.2, 0) is 10.0 Å². The molecule has 1 aliphatic rings. The zero-order valence-electron chi connectivity index (χ0n) is 8.65. The van der Waals surface area contributed by atoms with Crippen molar-refractivity contribution in [1.82, 2.24) is 4.31 Å². The van der Waals surface area contributed by atoms with Crippen LogP contribution in [0.15, 0.2) is 0 Å². The average molecular weight is 221 g/mol. The highest BCUT2D eigenvalue weighted by Gasteiger charge is 2.29. The lowest BCUT2D eigenvalue weighted by molar-refractivity contribution is 0.313. The molecular weight excluding hydrogens is 202 g/mol. The van der Waals surface area contributed by atoms with Crippen LogP contribution in [0.2, 0.25) is 0 Å². The van der Waals surface area contributed by atoms with Crippen molar-refractivity contribution in [3.63, 3.8) is 0 Å². The number of aliphatic hydroxyl groups excluding tert-OH is 1. The van der Waals surface area contributed by atoms with Crippen LogP contribution in [0.4, 0.5) is 0 Å². The fourth-order valence-electron chi connectivity index (χ4n) is 1.43. The van der Waals surface area contributed by atoms with Gasteiger partial charge in [-0.25, -0.2) is 12.7 Å². The molecule has 0 saturated heterocycles. The number of hydrogen-bond donors (Lipinski definition) is 1. The minimum absolute atomic E-state index is 0.139. The van der Waals surface area contributed by atoms with E-state index in [2.05, 4.69) is 0 Å². The Morgan fingerprint density at radius 3 is 2.50 bits per heavy atom. The summed E-state index contributed by atoms with van der Waals surface area (Å²) in [7, 11) is -3.21. The van der Waals surface area contributed by atoms with E-state index >= 15 is 0 Å². The van der Waals surface area contributed by atoms with Gasteiger partial charge in [-0.2, -0.15) is 0 Å². The number of aliphatic hydroxyl groups is 1. The molecule has 0 unspecified atom stereocenters. The molecule has 0 atom stereocenters. The van der Waals surface area contributed by atoms with E-state index in [9.17, 15) is 8.42 Å². The van der Waals surface area contributed by atoms with Crippen LogP contribution in [0.5, 0.6) is 0 Å². The van der Waals surface area contributed by atoms with Crippen molar-refractivity contribution in [2.75, 3.05) is 25.4 Å². The van der Waals surface area contributed by atoms with Gasteiger partial charge in [0.05, 0.1) is 12.4 Å². The first-order valence-electron chi connectivity index (χ1n) is 5.19. The molecule has 0 bridgehead atoms. The molecule has 0 spiro atoms. The predicted molar refractivity (Wildman–Crippen MR) is 55.5 cm³/mol. The van der Waals surface area contributed by atoms with E-state index < -0.39 is 10.0 Å². The SMILES string of the molecule is CCCN(CC1CC1)S(=O)(=O)CCO. The highest BCUT2D eigenvalue weighted by molar-refractivity contribution is 7.89. The minimum Gasteiger partial charge on any atom is -0.395 e. The molecule has 0 aromatic carbocycles. The second-order valence-electron chi connectivity index (χ2n) is 3.84. The van der Waals surface area contributed by atoms with Gasteiger partial charge in [0.2, 0.25) is 10.0 Å². The van der Waals surface area contributed by atoms with Crippen molar-refractivity contribution < 1.29 is 13.5 Å². The summed E-state index contributed by atoms with van der Waals surface area (Å²) >= 11 is 0. The average Bonchev–Trinajstić information content (AvgIpc) is 2.87. The molecule has 1 aliphatic carbocycles. The lowest BCUT2D eigenvalue weighted by Crippen LogP contribution is -2.36. The fraction of sp³-hybridized carbons (Fsp3) is 1.00. The van der Waals surface area contributed by atoms with Gasteiger partial charge in [0.1, 0.15) is 0 Å². The molecule has 0 aromatic heterocycles. The normalized spacial score (nSPS) is 17.6. The zero-order valence-corrected chi connectivity index (χ0v) is 9.46. The molecule has 5 heteroatoms. The number of nitrogens with zero attached hydrogens (tertiary/aromatic N) is 1. The summed E-state index contributed by atoms with van der Waals surface area (Å²) in [4.78, 5) is 0. The quantitative estimate of drug-likeness (QED) is 0.678. The van der Waals surface area contributed by atoms with Crippen molar-refractivity contribution in [3.8, 4) is 0 Å². The first kappa shape index (κ1) is 11.9. The Labute approximate surface area is 86.0 Å². The highest BCUT2D eigenvalue weighted by atomic mass is 32.2. The molecule has 1 saturated carbocycles. The molecule has 1 fully saturated rings. The van der Waals surface area contributed by atoms with Crippen molar-refractivity contribution in [1.29, 1.82) is 0 Å². The van der Waals surface area contributed by atoms with Crippen molar-refractivity contribution >= 4 is 10.0 Å². The lowest BCUT2D eigenvalue weighted by atomic mass is 10.4. The molecule has 0 aromatic rings. The van der Waals surface area contributed by atoms with Crippen LogP contribution in [0, 0.1) is 5.92 Å². The summed E-state index contributed by atoms with van der Waals surface area (Å²) < 4.78 is 24.8. The summed E-state index contributed by atoms with van der Waals surface area (Å²) in [5.74, 6) is 0.426. The van der Waals surface area contributed by atoms with Gasteiger partial charge in [0.15, 0.2) is 0 Å². The smallest absolute Gasteiger partial charge is 0.216 e. The van der Waals surface area contributed by atoms with Gasteiger partial charge in [-0.15, -0.1) is 0 Å². The van der Waals surface area contributed by atoms with Gasteiger partial charge in [-0.05, 0) is 25.2 Å². The minimum atomic E-state index is -3.21. The molecule has 84 valence electrons. The van der Waals surface area contributed by atoms with Gasteiger partial charge in [-0.1, -0.05) is 6.92 Å². The van der Waals surface area contributed by atoms with Gasteiger partial charge < -0.3 is 5.11 Å². The zero-order chi connectivity index (χ0) is 10.6. The fourth-order valence-corrected chi connectivity index (χ4v) is 2.81. The summed E-state index contributed by atoms with van der Waals surface area (Å²) in [6.45, 7) is 2.91. The molecule has 1 N–H and O–H groups in total. The van der Waals surface area contributed by atoms with Gasteiger partial charge in [-0.3, -0.25) is 0 Å². The Bertz CT molecular complexity index is 259. The molecule has 0 amide bonds. The van der Waals surface area contributed by atoms with E-state index in [-0.39, 0.29) is 12.4 Å². The maximum absolute atomic E-state index is 11.6.